The lowest BCUT2D eigenvalue weighted by Gasteiger charge is -2.16. The normalized spacial score (nSPS) is 13.7. The van der Waals surface area contributed by atoms with Gasteiger partial charge in [-0.15, -0.1) is 0 Å². The SMILES string of the molecule is C=C(c1cc2cnccc2[nH]1)c1cc(C2=CCNCC2)ccc1N.CC. The van der Waals surface area contributed by atoms with Gasteiger partial charge in [0.1, 0.15) is 0 Å². The van der Waals surface area contributed by atoms with Crippen molar-refractivity contribution in [2.75, 3.05) is 18.8 Å². The van der Waals surface area contributed by atoms with Gasteiger partial charge < -0.3 is 16.0 Å². The molecule has 3 heterocycles. The lowest BCUT2D eigenvalue weighted by Crippen LogP contribution is -2.20. The zero-order valence-corrected chi connectivity index (χ0v) is 15.5. The van der Waals surface area contributed by atoms with Gasteiger partial charge in [0.15, 0.2) is 0 Å². The van der Waals surface area contributed by atoms with Crippen LogP contribution < -0.4 is 11.1 Å². The van der Waals surface area contributed by atoms with E-state index in [1.54, 1.807) is 6.20 Å². The van der Waals surface area contributed by atoms with Gasteiger partial charge in [0.05, 0.1) is 0 Å². The summed E-state index contributed by atoms with van der Waals surface area (Å²) in [4.78, 5) is 7.56. The zero-order chi connectivity index (χ0) is 18.5. The second kappa shape index (κ2) is 8.02. The fraction of sp³-hybridized carbons (Fsp3) is 0.227. The first-order valence-corrected chi connectivity index (χ1v) is 9.14. The Morgan fingerprint density at radius 1 is 1.19 bits per heavy atom. The average Bonchev–Trinajstić information content (AvgIpc) is 3.14. The minimum absolute atomic E-state index is 0.745. The van der Waals surface area contributed by atoms with Crippen LogP contribution in [0.3, 0.4) is 0 Å². The molecule has 0 fully saturated rings. The van der Waals surface area contributed by atoms with Crippen LogP contribution in [0.15, 0.2) is 55.4 Å². The van der Waals surface area contributed by atoms with Crippen LogP contribution in [0.2, 0.25) is 0 Å². The van der Waals surface area contributed by atoms with Crippen LogP contribution in [-0.4, -0.2) is 23.1 Å². The number of benzene rings is 1. The second-order valence-electron chi connectivity index (χ2n) is 6.11. The van der Waals surface area contributed by atoms with E-state index in [4.69, 9.17) is 5.73 Å². The number of hydrogen-bond acceptors (Lipinski definition) is 3. The van der Waals surface area contributed by atoms with E-state index in [1.807, 2.05) is 32.2 Å². The highest BCUT2D eigenvalue weighted by molar-refractivity contribution is 5.90. The smallest absolute Gasteiger partial charge is 0.0489 e. The summed E-state index contributed by atoms with van der Waals surface area (Å²) >= 11 is 0. The summed E-state index contributed by atoms with van der Waals surface area (Å²) < 4.78 is 0. The van der Waals surface area contributed by atoms with Crippen molar-refractivity contribution < 1.29 is 0 Å². The zero-order valence-electron chi connectivity index (χ0n) is 15.5. The number of H-pyrrole nitrogens is 1. The number of nitrogens with zero attached hydrogens (tertiary/aromatic N) is 1. The predicted molar refractivity (Wildman–Crippen MR) is 112 cm³/mol. The van der Waals surface area contributed by atoms with E-state index in [0.29, 0.717) is 0 Å². The van der Waals surface area contributed by atoms with Gasteiger partial charge in [-0.2, -0.15) is 0 Å². The molecule has 4 heteroatoms. The molecule has 26 heavy (non-hydrogen) atoms. The largest absolute Gasteiger partial charge is 0.398 e. The van der Waals surface area contributed by atoms with Gasteiger partial charge in [-0.05, 0) is 48.4 Å². The summed E-state index contributed by atoms with van der Waals surface area (Å²) in [6.07, 6.45) is 6.91. The molecule has 134 valence electrons. The van der Waals surface area contributed by atoms with E-state index in [1.165, 1.54) is 11.1 Å². The van der Waals surface area contributed by atoms with Gasteiger partial charge in [0, 0.05) is 52.4 Å². The van der Waals surface area contributed by atoms with E-state index in [9.17, 15) is 0 Å². The van der Waals surface area contributed by atoms with Gasteiger partial charge in [-0.1, -0.05) is 32.6 Å². The Hall–Kier alpha value is -2.85. The molecule has 0 aliphatic carbocycles. The number of nitrogens with one attached hydrogen (secondary N) is 2. The topological polar surface area (TPSA) is 66.7 Å². The molecule has 0 amide bonds. The molecule has 0 unspecified atom stereocenters. The molecule has 2 aromatic heterocycles. The standard InChI is InChI=1S/C20H20N4.C2H6/c1-13(20-11-16-12-23-9-6-19(16)24-20)17-10-15(2-3-18(17)21)14-4-7-22-8-5-14;1-2/h2-4,6,9-12,22,24H,1,5,7-8,21H2;1-2H3. The fourth-order valence-electron chi connectivity index (χ4n) is 3.18. The van der Waals surface area contributed by atoms with Gasteiger partial charge in [0.2, 0.25) is 0 Å². The number of hydrogen-bond donors (Lipinski definition) is 3. The minimum Gasteiger partial charge on any atom is -0.398 e. The summed E-state index contributed by atoms with van der Waals surface area (Å²) in [6.45, 7) is 10.2. The molecule has 0 atom stereocenters. The number of anilines is 1. The third-order valence-electron chi connectivity index (χ3n) is 4.56. The molecular weight excluding hydrogens is 320 g/mol. The molecule has 4 rings (SSSR count). The number of aromatic amines is 1. The fourth-order valence-corrected chi connectivity index (χ4v) is 3.18. The molecule has 0 saturated carbocycles. The highest BCUT2D eigenvalue weighted by Gasteiger charge is 2.13. The van der Waals surface area contributed by atoms with Crippen molar-refractivity contribution in [3.8, 4) is 0 Å². The predicted octanol–water partition coefficient (Wildman–Crippen LogP) is 4.61. The van der Waals surface area contributed by atoms with Crippen molar-refractivity contribution in [2.24, 2.45) is 0 Å². The van der Waals surface area contributed by atoms with Crippen molar-refractivity contribution in [1.29, 1.82) is 0 Å². The van der Waals surface area contributed by atoms with Crippen LogP contribution in [-0.2, 0) is 0 Å². The number of aromatic nitrogens is 2. The van der Waals surface area contributed by atoms with E-state index < -0.39 is 0 Å². The van der Waals surface area contributed by atoms with E-state index in [2.05, 4.69) is 46.1 Å². The summed E-state index contributed by atoms with van der Waals surface area (Å²) in [5.74, 6) is 0. The molecule has 0 radical (unpaired) electrons. The van der Waals surface area contributed by atoms with Gasteiger partial charge >= 0.3 is 0 Å². The maximum atomic E-state index is 6.23. The van der Waals surface area contributed by atoms with E-state index >= 15 is 0 Å². The third kappa shape index (κ3) is 3.55. The highest BCUT2D eigenvalue weighted by Crippen LogP contribution is 2.31. The van der Waals surface area contributed by atoms with Crippen LogP contribution in [0, 0.1) is 0 Å². The molecule has 4 nitrogen and oxygen atoms in total. The Morgan fingerprint density at radius 3 is 2.77 bits per heavy atom. The van der Waals surface area contributed by atoms with Crippen molar-refractivity contribution in [3.63, 3.8) is 0 Å². The first-order chi connectivity index (χ1) is 12.7. The van der Waals surface area contributed by atoms with Crippen molar-refractivity contribution >= 4 is 27.7 Å². The van der Waals surface area contributed by atoms with Crippen LogP contribution in [0.4, 0.5) is 5.69 Å². The lowest BCUT2D eigenvalue weighted by atomic mass is 9.94. The molecule has 4 N–H and O–H groups in total. The summed E-state index contributed by atoms with van der Waals surface area (Å²) in [7, 11) is 0. The molecule has 0 spiro atoms. The van der Waals surface area contributed by atoms with E-state index in [-0.39, 0.29) is 0 Å². The van der Waals surface area contributed by atoms with Gasteiger partial charge in [-0.3, -0.25) is 4.98 Å². The third-order valence-corrected chi connectivity index (χ3v) is 4.56. The van der Waals surface area contributed by atoms with Crippen LogP contribution >= 0.6 is 0 Å². The first kappa shape index (κ1) is 18.0. The number of nitrogen functional groups attached to an aromatic ring is 1. The first-order valence-electron chi connectivity index (χ1n) is 9.14. The number of rotatable bonds is 3. The van der Waals surface area contributed by atoms with Crippen LogP contribution in [0.25, 0.3) is 22.0 Å². The number of pyridine rings is 1. The van der Waals surface area contributed by atoms with Crippen LogP contribution in [0.1, 0.15) is 37.1 Å². The summed E-state index contributed by atoms with van der Waals surface area (Å²) in [5.41, 5.74) is 13.5. The molecular formula is C22H26N4. The molecule has 1 aliphatic heterocycles. The lowest BCUT2D eigenvalue weighted by molar-refractivity contribution is 0.738. The Morgan fingerprint density at radius 2 is 2.04 bits per heavy atom. The highest BCUT2D eigenvalue weighted by atomic mass is 14.8. The van der Waals surface area contributed by atoms with Crippen molar-refractivity contribution in [1.82, 2.24) is 15.3 Å². The number of fused-ring (bicyclic) bond motifs is 1. The summed E-state index contributed by atoms with van der Waals surface area (Å²) in [6, 6.07) is 10.3. The molecule has 0 bridgehead atoms. The van der Waals surface area contributed by atoms with Crippen molar-refractivity contribution in [2.45, 2.75) is 20.3 Å². The Labute approximate surface area is 154 Å². The van der Waals surface area contributed by atoms with E-state index in [0.717, 1.165) is 52.9 Å². The second-order valence-corrected chi connectivity index (χ2v) is 6.11. The Balaban J connectivity index is 0.000000948. The monoisotopic (exact) mass is 346 g/mol. The minimum atomic E-state index is 0.745. The summed E-state index contributed by atoms with van der Waals surface area (Å²) in [5, 5.41) is 4.42. The number of nitrogens with two attached hydrogens (primary N) is 1. The molecule has 1 aromatic carbocycles. The quantitative estimate of drug-likeness (QED) is 0.607. The van der Waals surface area contributed by atoms with Gasteiger partial charge in [-0.25, -0.2) is 0 Å². The Bertz CT molecular complexity index is 917. The Kier molecular flexibility index (Phi) is 5.54. The maximum absolute atomic E-state index is 6.23. The van der Waals surface area contributed by atoms with Crippen LogP contribution in [0.5, 0.6) is 0 Å². The molecule has 3 aromatic rings. The van der Waals surface area contributed by atoms with Gasteiger partial charge in [0.25, 0.3) is 0 Å². The maximum Gasteiger partial charge on any atom is 0.0489 e. The average molecular weight is 346 g/mol. The molecule has 1 aliphatic rings. The molecule has 0 saturated heterocycles. The van der Waals surface area contributed by atoms with Crippen molar-refractivity contribution in [3.05, 3.63) is 72.2 Å².